The van der Waals surface area contributed by atoms with Gasteiger partial charge in [-0.1, -0.05) is 12.1 Å². The Hall–Kier alpha value is -0.910. The lowest BCUT2D eigenvalue weighted by Crippen LogP contribution is -2.35. The van der Waals surface area contributed by atoms with Crippen LogP contribution in [0.3, 0.4) is 0 Å². The lowest BCUT2D eigenvalue weighted by molar-refractivity contribution is 0.424. The van der Waals surface area contributed by atoms with Crippen LogP contribution in [0.5, 0.6) is 0 Å². The van der Waals surface area contributed by atoms with Gasteiger partial charge in [0.15, 0.2) is 0 Å². The van der Waals surface area contributed by atoms with E-state index in [1.54, 1.807) is 6.07 Å². The molecular formula is C11H17NO3S. The Morgan fingerprint density at radius 1 is 1.31 bits per heavy atom. The summed E-state index contributed by atoms with van der Waals surface area (Å²) in [6.07, 6.45) is 0. The normalized spacial score (nSPS) is 12.8. The van der Waals surface area contributed by atoms with Crippen LogP contribution in [0.15, 0.2) is 29.2 Å². The van der Waals surface area contributed by atoms with Crippen LogP contribution >= 0.6 is 0 Å². The van der Waals surface area contributed by atoms with Crippen LogP contribution in [-0.4, -0.2) is 18.5 Å². The summed E-state index contributed by atoms with van der Waals surface area (Å²) in [5.41, 5.74) is 0.790. The van der Waals surface area contributed by atoms with E-state index in [1.165, 1.54) is 12.1 Å². The molecule has 0 spiro atoms. The second kappa shape index (κ2) is 4.53. The van der Waals surface area contributed by atoms with Gasteiger partial charge in [-0.25, -0.2) is 0 Å². The van der Waals surface area contributed by atoms with Crippen molar-refractivity contribution in [3.05, 3.63) is 29.8 Å². The molecule has 1 rings (SSSR count). The van der Waals surface area contributed by atoms with Crippen molar-refractivity contribution in [2.75, 3.05) is 0 Å². The zero-order chi connectivity index (χ0) is 12.4. The minimum atomic E-state index is -4.11. The predicted molar refractivity (Wildman–Crippen MR) is 62.8 cm³/mol. The summed E-state index contributed by atoms with van der Waals surface area (Å²) in [5.74, 6) is 0. The molecular weight excluding hydrogens is 226 g/mol. The van der Waals surface area contributed by atoms with Crippen molar-refractivity contribution >= 4 is 10.1 Å². The van der Waals surface area contributed by atoms with Crippen molar-refractivity contribution in [2.24, 2.45) is 0 Å². The standard InChI is InChI=1S/C11H17NO3S/c1-11(2,3)12-8-9-5-4-6-10(7-9)16(13,14)15/h4-7,12H,8H2,1-3H3,(H,13,14,15). The van der Waals surface area contributed by atoms with Crippen molar-refractivity contribution in [3.63, 3.8) is 0 Å². The molecule has 0 saturated heterocycles. The van der Waals surface area contributed by atoms with Crippen molar-refractivity contribution < 1.29 is 13.0 Å². The van der Waals surface area contributed by atoms with E-state index in [-0.39, 0.29) is 10.4 Å². The van der Waals surface area contributed by atoms with E-state index < -0.39 is 10.1 Å². The van der Waals surface area contributed by atoms with Gasteiger partial charge in [-0.2, -0.15) is 8.42 Å². The van der Waals surface area contributed by atoms with E-state index in [9.17, 15) is 8.42 Å². The van der Waals surface area contributed by atoms with Crippen molar-refractivity contribution in [3.8, 4) is 0 Å². The molecule has 4 nitrogen and oxygen atoms in total. The van der Waals surface area contributed by atoms with Crippen LogP contribution in [-0.2, 0) is 16.7 Å². The molecule has 0 bridgehead atoms. The van der Waals surface area contributed by atoms with Crippen molar-refractivity contribution in [1.82, 2.24) is 5.32 Å². The van der Waals surface area contributed by atoms with Crippen LogP contribution in [0.1, 0.15) is 26.3 Å². The number of benzene rings is 1. The van der Waals surface area contributed by atoms with E-state index in [0.29, 0.717) is 6.54 Å². The minimum absolute atomic E-state index is 0.0336. The number of hydrogen-bond acceptors (Lipinski definition) is 3. The summed E-state index contributed by atoms with van der Waals surface area (Å²) in [6.45, 7) is 6.64. The highest BCUT2D eigenvalue weighted by Gasteiger charge is 2.11. The average molecular weight is 243 g/mol. The topological polar surface area (TPSA) is 66.4 Å². The third-order valence-corrected chi connectivity index (χ3v) is 2.87. The van der Waals surface area contributed by atoms with Gasteiger partial charge in [0.05, 0.1) is 4.90 Å². The van der Waals surface area contributed by atoms with Crippen LogP contribution in [0.25, 0.3) is 0 Å². The molecule has 0 atom stereocenters. The third kappa shape index (κ3) is 4.30. The SMILES string of the molecule is CC(C)(C)NCc1cccc(S(=O)(=O)O)c1. The Bertz CT molecular complexity index is 460. The summed E-state index contributed by atoms with van der Waals surface area (Å²) in [4.78, 5) is -0.0688. The molecule has 0 fully saturated rings. The molecule has 0 heterocycles. The molecule has 0 aliphatic carbocycles. The molecule has 0 aromatic heterocycles. The molecule has 0 radical (unpaired) electrons. The summed E-state index contributed by atoms with van der Waals surface area (Å²) in [6, 6.07) is 6.26. The molecule has 2 N–H and O–H groups in total. The maximum absolute atomic E-state index is 10.9. The summed E-state index contributed by atoms with van der Waals surface area (Å²) < 4.78 is 30.7. The Kier molecular flexibility index (Phi) is 3.72. The molecule has 90 valence electrons. The Labute approximate surface area is 96.4 Å². The highest BCUT2D eigenvalue weighted by atomic mass is 32.2. The summed E-state index contributed by atoms with van der Waals surface area (Å²) in [7, 11) is -4.11. The lowest BCUT2D eigenvalue weighted by atomic mass is 10.1. The first-order chi connectivity index (χ1) is 7.18. The molecule has 0 amide bonds. The molecule has 16 heavy (non-hydrogen) atoms. The van der Waals surface area contributed by atoms with Gasteiger partial charge in [-0.05, 0) is 38.5 Å². The van der Waals surface area contributed by atoms with Gasteiger partial charge in [-0.15, -0.1) is 0 Å². The number of nitrogens with one attached hydrogen (secondary N) is 1. The van der Waals surface area contributed by atoms with Gasteiger partial charge in [0, 0.05) is 12.1 Å². The first-order valence-electron chi connectivity index (χ1n) is 5.00. The predicted octanol–water partition coefficient (Wildman–Crippen LogP) is 1.82. The van der Waals surface area contributed by atoms with Gasteiger partial charge in [0.2, 0.25) is 0 Å². The Balaban J connectivity index is 2.84. The third-order valence-electron chi connectivity index (χ3n) is 2.02. The van der Waals surface area contributed by atoms with E-state index >= 15 is 0 Å². The maximum atomic E-state index is 10.9. The van der Waals surface area contributed by atoms with Crippen LogP contribution in [0.4, 0.5) is 0 Å². The fraction of sp³-hybridized carbons (Fsp3) is 0.455. The molecule has 0 aliphatic rings. The highest BCUT2D eigenvalue weighted by molar-refractivity contribution is 7.85. The summed E-state index contributed by atoms with van der Waals surface area (Å²) >= 11 is 0. The van der Waals surface area contributed by atoms with Gasteiger partial charge >= 0.3 is 0 Å². The average Bonchev–Trinajstić information content (AvgIpc) is 2.13. The quantitative estimate of drug-likeness (QED) is 0.795. The van der Waals surface area contributed by atoms with E-state index in [1.807, 2.05) is 26.8 Å². The minimum Gasteiger partial charge on any atom is -0.308 e. The molecule has 0 unspecified atom stereocenters. The fourth-order valence-electron chi connectivity index (χ4n) is 1.18. The molecule has 0 saturated carbocycles. The van der Waals surface area contributed by atoms with Crippen LogP contribution < -0.4 is 5.32 Å². The Morgan fingerprint density at radius 2 is 1.94 bits per heavy atom. The largest absolute Gasteiger partial charge is 0.308 e. The highest BCUT2D eigenvalue weighted by Crippen LogP contribution is 2.12. The van der Waals surface area contributed by atoms with Gasteiger partial charge < -0.3 is 5.32 Å². The van der Waals surface area contributed by atoms with Gasteiger partial charge in [0.1, 0.15) is 0 Å². The molecule has 1 aromatic carbocycles. The zero-order valence-corrected chi connectivity index (χ0v) is 10.5. The number of rotatable bonds is 3. The Morgan fingerprint density at radius 3 is 2.44 bits per heavy atom. The second-order valence-electron chi connectivity index (χ2n) is 4.73. The molecule has 5 heteroatoms. The van der Waals surface area contributed by atoms with E-state index in [4.69, 9.17) is 4.55 Å². The van der Waals surface area contributed by atoms with E-state index in [2.05, 4.69) is 5.32 Å². The van der Waals surface area contributed by atoms with Crippen LogP contribution in [0.2, 0.25) is 0 Å². The number of hydrogen-bond donors (Lipinski definition) is 2. The molecule has 0 aliphatic heterocycles. The van der Waals surface area contributed by atoms with Crippen LogP contribution in [0, 0.1) is 0 Å². The maximum Gasteiger partial charge on any atom is 0.294 e. The fourth-order valence-corrected chi connectivity index (χ4v) is 1.73. The first-order valence-corrected chi connectivity index (χ1v) is 6.44. The molecule has 1 aromatic rings. The zero-order valence-electron chi connectivity index (χ0n) is 9.69. The smallest absolute Gasteiger partial charge is 0.294 e. The summed E-state index contributed by atoms with van der Waals surface area (Å²) in [5, 5.41) is 3.24. The van der Waals surface area contributed by atoms with Gasteiger partial charge in [0.25, 0.3) is 10.1 Å². The van der Waals surface area contributed by atoms with Crippen molar-refractivity contribution in [2.45, 2.75) is 37.8 Å². The lowest BCUT2D eigenvalue weighted by Gasteiger charge is -2.20. The monoisotopic (exact) mass is 243 g/mol. The van der Waals surface area contributed by atoms with Gasteiger partial charge in [-0.3, -0.25) is 4.55 Å². The van der Waals surface area contributed by atoms with E-state index in [0.717, 1.165) is 5.56 Å². The first kappa shape index (κ1) is 13.2. The van der Waals surface area contributed by atoms with Crippen molar-refractivity contribution in [1.29, 1.82) is 0 Å². The second-order valence-corrected chi connectivity index (χ2v) is 6.15.